The average Bonchev–Trinajstić information content (AvgIpc) is 2.47. The first-order valence-electron chi connectivity index (χ1n) is 7.32. The molecule has 1 aromatic rings. The Labute approximate surface area is 136 Å². The normalized spacial score (nSPS) is 14.0. The number of carboxylic acid groups (broad SMARTS) is 1. The number of hydrogen-bond acceptors (Lipinski definition) is 4. The van der Waals surface area contributed by atoms with Crippen molar-refractivity contribution < 1.29 is 23.1 Å². The molecule has 128 valence electrons. The van der Waals surface area contributed by atoms with Crippen LogP contribution in [0.5, 0.6) is 0 Å². The van der Waals surface area contributed by atoms with E-state index in [2.05, 4.69) is 10.0 Å². The van der Waals surface area contributed by atoms with E-state index in [1.807, 2.05) is 6.92 Å². The highest BCUT2D eigenvalue weighted by atomic mass is 32.2. The number of sulfonamides is 1. The van der Waals surface area contributed by atoms with Crippen molar-refractivity contribution in [1.82, 2.24) is 10.0 Å². The predicted octanol–water partition coefficient (Wildman–Crippen LogP) is 1.36. The molecule has 3 N–H and O–H groups in total. The second kappa shape index (κ2) is 7.56. The Morgan fingerprint density at radius 1 is 1.17 bits per heavy atom. The molecule has 23 heavy (non-hydrogen) atoms. The van der Waals surface area contributed by atoms with Crippen molar-refractivity contribution in [3.8, 4) is 0 Å². The molecule has 7 nitrogen and oxygen atoms in total. The van der Waals surface area contributed by atoms with E-state index in [0.717, 1.165) is 0 Å². The highest BCUT2D eigenvalue weighted by Crippen LogP contribution is 2.15. The molecule has 1 rings (SSSR count). The van der Waals surface area contributed by atoms with Crippen LogP contribution in [-0.2, 0) is 14.8 Å². The van der Waals surface area contributed by atoms with Crippen LogP contribution in [0.15, 0.2) is 29.2 Å². The van der Waals surface area contributed by atoms with Gasteiger partial charge in [-0.1, -0.05) is 20.3 Å². The van der Waals surface area contributed by atoms with E-state index in [9.17, 15) is 23.1 Å². The molecular weight excluding hydrogens is 320 g/mol. The fourth-order valence-corrected chi connectivity index (χ4v) is 3.15. The summed E-state index contributed by atoms with van der Waals surface area (Å²) in [6, 6.07) is 5.33. The maximum absolute atomic E-state index is 12.2. The second-order valence-corrected chi connectivity index (χ2v) is 7.13. The monoisotopic (exact) mass is 342 g/mol. The van der Waals surface area contributed by atoms with Gasteiger partial charge >= 0.3 is 5.97 Å². The van der Waals surface area contributed by atoms with Crippen molar-refractivity contribution in [1.29, 1.82) is 0 Å². The molecule has 1 unspecified atom stereocenters. The summed E-state index contributed by atoms with van der Waals surface area (Å²) in [7, 11) is -3.59. The van der Waals surface area contributed by atoms with Crippen molar-refractivity contribution in [3.05, 3.63) is 29.8 Å². The van der Waals surface area contributed by atoms with E-state index in [-0.39, 0.29) is 17.0 Å². The molecular formula is C15H22N2O5S. The van der Waals surface area contributed by atoms with Crippen molar-refractivity contribution in [2.75, 3.05) is 6.54 Å². The predicted molar refractivity (Wildman–Crippen MR) is 85.7 cm³/mol. The molecule has 0 aromatic heterocycles. The van der Waals surface area contributed by atoms with Gasteiger partial charge in [0.2, 0.25) is 10.0 Å². The lowest BCUT2D eigenvalue weighted by Crippen LogP contribution is -2.52. The van der Waals surface area contributed by atoms with Gasteiger partial charge in [-0.25, -0.2) is 17.9 Å². The average molecular weight is 342 g/mol. The van der Waals surface area contributed by atoms with Crippen LogP contribution in [0.4, 0.5) is 0 Å². The highest BCUT2D eigenvalue weighted by molar-refractivity contribution is 7.89. The van der Waals surface area contributed by atoms with Crippen molar-refractivity contribution in [3.63, 3.8) is 0 Å². The van der Waals surface area contributed by atoms with Crippen molar-refractivity contribution in [2.45, 2.75) is 44.0 Å². The smallest absolute Gasteiger partial charge is 0.329 e. The SMILES string of the molecule is CCCC(C)(NC(=O)c1ccc(S(=O)(=O)NCC)cc1)C(=O)O. The number of hydrogen-bond donors (Lipinski definition) is 3. The van der Waals surface area contributed by atoms with Gasteiger partial charge in [-0.2, -0.15) is 0 Å². The van der Waals surface area contributed by atoms with Crippen LogP contribution >= 0.6 is 0 Å². The van der Waals surface area contributed by atoms with Gasteiger partial charge in [-0.3, -0.25) is 4.79 Å². The summed E-state index contributed by atoms with van der Waals surface area (Å²) in [4.78, 5) is 23.6. The molecule has 0 saturated heterocycles. The van der Waals surface area contributed by atoms with Gasteiger partial charge in [-0.05, 0) is 37.6 Å². The van der Waals surface area contributed by atoms with Crippen LogP contribution < -0.4 is 10.0 Å². The van der Waals surface area contributed by atoms with Gasteiger partial charge in [0.1, 0.15) is 5.54 Å². The maximum atomic E-state index is 12.2. The number of carbonyl (C=O) groups excluding carboxylic acids is 1. The molecule has 0 spiro atoms. The third-order valence-electron chi connectivity index (χ3n) is 3.37. The quantitative estimate of drug-likeness (QED) is 0.660. The summed E-state index contributed by atoms with van der Waals surface area (Å²) in [6.07, 6.45) is 0.893. The van der Waals surface area contributed by atoms with Gasteiger partial charge in [0.15, 0.2) is 0 Å². The molecule has 0 aliphatic carbocycles. The van der Waals surface area contributed by atoms with Gasteiger partial charge in [-0.15, -0.1) is 0 Å². The molecule has 0 fully saturated rings. The lowest BCUT2D eigenvalue weighted by molar-refractivity contribution is -0.144. The standard InChI is InChI=1S/C15H22N2O5S/c1-4-10-15(3,14(19)20)17-13(18)11-6-8-12(9-7-11)23(21,22)16-5-2/h6-9,16H,4-5,10H2,1-3H3,(H,17,18)(H,19,20). The lowest BCUT2D eigenvalue weighted by atomic mass is 9.96. The number of benzene rings is 1. The molecule has 8 heteroatoms. The van der Waals surface area contributed by atoms with Crippen LogP contribution in [0, 0.1) is 0 Å². The van der Waals surface area contributed by atoms with Crippen LogP contribution in [-0.4, -0.2) is 37.5 Å². The van der Waals surface area contributed by atoms with E-state index in [4.69, 9.17) is 0 Å². The van der Waals surface area contributed by atoms with E-state index < -0.39 is 27.4 Å². The number of aliphatic carboxylic acids is 1. The molecule has 0 saturated carbocycles. The van der Waals surface area contributed by atoms with Crippen molar-refractivity contribution >= 4 is 21.9 Å². The van der Waals surface area contributed by atoms with E-state index >= 15 is 0 Å². The molecule has 0 aliphatic heterocycles. The van der Waals surface area contributed by atoms with E-state index in [1.165, 1.54) is 31.2 Å². The van der Waals surface area contributed by atoms with Gasteiger partial charge < -0.3 is 10.4 Å². The van der Waals surface area contributed by atoms with Gasteiger partial charge in [0.25, 0.3) is 5.91 Å². The Kier molecular flexibility index (Phi) is 6.28. The Balaban J connectivity index is 2.96. The fourth-order valence-electron chi connectivity index (χ4n) is 2.10. The first kappa shape index (κ1) is 19.1. The minimum Gasteiger partial charge on any atom is -0.480 e. The van der Waals surface area contributed by atoms with Crippen molar-refractivity contribution in [2.24, 2.45) is 0 Å². The van der Waals surface area contributed by atoms with Crippen LogP contribution in [0.3, 0.4) is 0 Å². The minimum atomic E-state index is -3.59. The summed E-state index contributed by atoms with van der Waals surface area (Å²) in [5.74, 6) is -1.67. The van der Waals surface area contributed by atoms with Crippen LogP contribution in [0.25, 0.3) is 0 Å². The minimum absolute atomic E-state index is 0.0467. The van der Waals surface area contributed by atoms with Gasteiger partial charge in [0.05, 0.1) is 4.90 Å². The molecule has 1 atom stereocenters. The molecule has 1 aromatic carbocycles. The Bertz CT molecular complexity index is 670. The summed E-state index contributed by atoms with van der Waals surface area (Å²) < 4.78 is 26.0. The second-order valence-electron chi connectivity index (χ2n) is 5.37. The lowest BCUT2D eigenvalue weighted by Gasteiger charge is -2.25. The number of rotatable bonds is 8. The topological polar surface area (TPSA) is 113 Å². The largest absolute Gasteiger partial charge is 0.480 e. The zero-order valence-corrected chi connectivity index (χ0v) is 14.2. The number of carboxylic acids is 1. The summed E-state index contributed by atoms with van der Waals surface area (Å²) >= 11 is 0. The molecule has 0 aliphatic rings. The molecule has 0 bridgehead atoms. The third kappa shape index (κ3) is 4.77. The highest BCUT2D eigenvalue weighted by Gasteiger charge is 2.34. The first-order chi connectivity index (χ1) is 10.7. The Morgan fingerprint density at radius 3 is 2.17 bits per heavy atom. The van der Waals surface area contributed by atoms with E-state index in [0.29, 0.717) is 12.8 Å². The number of carbonyl (C=O) groups is 2. The Hall–Kier alpha value is -1.93. The molecule has 1 amide bonds. The molecule has 0 radical (unpaired) electrons. The zero-order valence-electron chi connectivity index (χ0n) is 13.4. The first-order valence-corrected chi connectivity index (χ1v) is 8.80. The maximum Gasteiger partial charge on any atom is 0.329 e. The number of nitrogens with one attached hydrogen (secondary N) is 2. The third-order valence-corrected chi connectivity index (χ3v) is 4.93. The summed E-state index contributed by atoms with van der Waals surface area (Å²) in [5, 5.41) is 11.8. The summed E-state index contributed by atoms with van der Waals surface area (Å²) in [6.45, 7) is 5.20. The fraction of sp³-hybridized carbons (Fsp3) is 0.467. The molecule has 0 heterocycles. The summed E-state index contributed by atoms with van der Waals surface area (Å²) in [5.41, 5.74) is -1.16. The Morgan fingerprint density at radius 2 is 1.74 bits per heavy atom. The zero-order chi connectivity index (χ0) is 17.7. The van der Waals surface area contributed by atoms with E-state index in [1.54, 1.807) is 6.92 Å². The number of amides is 1. The van der Waals surface area contributed by atoms with Crippen LogP contribution in [0.1, 0.15) is 44.0 Å². The van der Waals surface area contributed by atoms with Gasteiger partial charge in [0, 0.05) is 12.1 Å². The van der Waals surface area contributed by atoms with Crippen LogP contribution in [0.2, 0.25) is 0 Å².